The van der Waals surface area contributed by atoms with Crippen LogP contribution in [0.15, 0.2) is 88.6 Å². The third-order valence-electron chi connectivity index (χ3n) is 5.42. The molecule has 0 fully saturated rings. The molecular weight excluding hydrogens is 493 g/mol. The molecule has 2 heterocycles. The maximum Gasteiger partial charge on any atom is 0.263 e. The van der Waals surface area contributed by atoms with Gasteiger partial charge in [-0.15, -0.1) is 0 Å². The van der Waals surface area contributed by atoms with E-state index in [0.29, 0.717) is 38.4 Å². The molecule has 1 N–H and O–H groups in total. The van der Waals surface area contributed by atoms with Crippen LogP contribution in [0.3, 0.4) is 0 Å². The lowest BCUT2D eigenvalue weighted by Crippen LogP contribution is -2.13. The topological polar surface area (TPSA) is 94.3 Å². The SMILES string of the molecule is COc1cc(-c2cccc(F)c2)c(Cl)cc1-c1ccnc2cc(S(=O)(=O)Nc3ccon3)ccc12. The van der Waals surface area contributed by atoms with Crippen LogP contribution in [0, 0.1) is 5.82 Å². The second-order valence-electron chi connectivity index (χ2n) is 7.57. The number of anilines is 1. The van der Waals surface area contributed by atoms with Crippen LogP contribution in [-0.4, -0.2) is 25.7 Å². The van der Waals surface area contributed by atoms with Crippen molar-refractivity contribution in [2.24, 2.45) is 0 Å². The maximum atomic E-state index is 13.8. The van der Waals surface area contributed by atoms with Gasteiger partial charge in [0.05, 0.1) is 17.5 Å². The van der Waals surface area contributed by atoms with E-state index in [1.807, 2.05) is 0 Å². The number of pyridine rings is 1. The molecule has 7 nitrogen and oxygen atoms in total. The van der Waals surface area contributed by atoms with Gasteiger partial charge in [-0.1, -0.05) is 35.0 Å². The molecular formula is C25H17ClFN3O4S. The minimum absolute atomic E-state index is 0.0177. The Morgan fingerprint density at radius 2 is 1.86 bits per heavy atom. The first kappa shape index (κ1) is 22.8. The molecule has 176 valence electrons. The van der Waals surface area contributed by atoms with E-state index in [4.69, 9.17) is 16.3 Å². The monoisotopic (exact) mass is 509 g/mol. The van der Waals surface area contributed by atoms with Crippen LogP contribution < -0.4 is 9.46 Å². The van der Waals surface area contributed by atoms with Crippen molar-refractivity contribution in [2.45, 2.75) is 4.90 Å². The lowest BCUT2D eigenvalue weighted by molar-refractivity contribution is 0.416. The zero-order valence-corrected chi connectivity index (χ0v) is 19.8. The molecule has 0 atom stereocenters. The van der Waals surface area contributed by atoms with Crippen molar-refractivity contribution >= 4 is 38.3 Å². The summed E-state index contributed by atoms with van der Waals surface area (Å²) in [5, 5.41) is 4.68. The second kappa shape index (κ2) is 9.01. The first-order valence-electron chi connectivity index (χ1n) is 10.3. The van der Waals surface area contributed by atoms with Crippen molar-refractivity contribution in [1.82, 2.24) is 10.1 Å². The Hall–Kier alpha value is -3.95. The van der Waals surface area contributed by atoms with Crippen LogP contribution in [0.5, 0.6) is 5.75 Å². The quantitative estimate of drug-likeness (QED) is 0.294. The highest BCUT2D eigenvalue weighted by Gasteiger charge is 2.19. The van der Waals surface area contributed by atoms with Gasteiger partial charge in [0.15, 0.2) is 5.82 Å². The first-order chi connectivity index (χ1) is 16.9. The molecule has 35 heavy (non-hydrogen) atoms. The highest BCUT2D eigenvalue weighted by Crippen LogP contribution is 2.41. The third kappa shape index (κ3) is 4.43. The van der Waals surface area contributed by atoms with Crippen molar-refractivity contribution in [3.63, 3.8) is 0 Å². The maximum absolute atomic E-state index is 13.8. The zero-order chi connectivity index (χ0) is 24.6. The lowest BCUT2D eigenvalue weighted by atomic mass is 9.96. The molecule has 0 aliphatic rings. The van der Waals surface area contributed by atoms with E-state index in [2.05, 4.69) is 19.4 Å². The predicted molar refractivity (Wildman–Crippen MR) is 131 cm³/mol. The highest BCUT2D eigenvalue weighted by molar-refractivity contribution is 7.92. The molecule has 0 aliphatic carbocycles. The van der Waals surface area contributed by atoms with Crippen LogP contribution in [0.1, 0.15) is 0 Å². The van der Waals surface area contributed by atoms with Gasteiger partial charge in [-0.25, -0.2) is 12.8 Å². The van der Waals surface area contributed by atoms with Gasteiger partial charge in [-0.2, -0.15) is 0 Å². The fourth-order valence-electron chi connectivity index (χ4n) is 3.80. The molecule has 0 spiro atoms. The summed E-state index contributed by atoms with van der Waals surface area (Å²) in [7, 11) is -2.37. The summed E-state index contributed by atoms with van der Waals surface area (Å²) in [6.07, 6.45) is 2.84. The van der Waals surface area contributed by atoms with Crippen LogP contribution in [0.25, 0.3) is 33.2 Å². The molecule has 5 rings (SSSR count). The van der Waals surface area contributed by atoms with Crippen LogP contribution >= 0.6 is 11.6 Å². The molecule has 0 bridgehead atoms. The van der Waals surface area contributed by atoms with E-state index in [0.717, 1.165) is 5.56 Å². The zero-order valence-electron chi connectivity index (χ0n) is 18.2. The Balaban J connectivity index is 1.60. The number of hydrogen-bond donors (Lipinski definition) is 1. The molecule has 0 unspecified atom stereocenters. The minimum atomic E-state index is -3.90. The summed E-state index contributed by atoms with van der Waals surface area (Å²) in [6, 6.07) is 17.4. The third-order valence-corrected chi connectivity index (χ3v) is 7.08. The van der Waals surface area contributed by atoms with E-state index in [1.54, 1.807) is 42.6 Å². The number of hydrogen-bond acceptors (Lipinski definition) is 6. The van der Waals surface area contributed by atoms with Gasteiger partial charge in [0, 0.05) is 33.8 Å². The summed E-state index contributed by atoms with van der Waals surface area (Å²) in [5.74, 6) is 0.223. The standard InChI is InChI=1S/C25H17ClFN3O4S/c1-33-24-14-20(15-3-2-4-16(27)11-15)22(26)13-21(24)18-7-9-28-23-12-17(5-6-19(18)23)35(31,32)30-25-8-10-34-29-25/h2-14H,1H3,(H,29,30). The number of methoxy groups -OCH3 is 1. The van der Waals surface area contributed by atoms with Crippen LogP contribution in [-0.2, 0) is 10.0 Å². The van der Waals surface area contributed by atoms with E-state index in [1.165, 1.54) is 43.7 Å². The Morgan fingerprint density at radius 3 is 2.60 bits per heavy atom. The number of ether oxygens (including phenoxy) is 1. The fraction of sp³-hybridized carbons (Fsp3) is 0.0400. The van der Waals surface area contributed by atoms with E-state index >= 15 is 0 Å². The van der Waals surface area contributed by atoms with Gasteiger partial charge >= 0.3 is 0 Å². The average molecular weight is 510 g/mol. The molecule has 0 saturated heterocycles. The van der Waals surface area contributed by atoms with Gasteiger partial charge in [0.25, 0.3) is 10.0 Å². The summed E-state index contributed by atoms with van der Waals surface area (Å²) in [5.41, 5.74) is 3.12. The van der Waals surface area contributed by atoms with E-state index < -0.39 is 10.0 Å². The molecule has 0 aliphatic heterocycles. The Morgan fingerprint density at radius 1 is 1.00 bits per heavy atom. The molecule has 0 radical (unpaired) electrons. The van der Waals surface area contributed by atoms with Gasteiger partial charge in [0.1, 0.15) is 17.8 Å². The minimum Gasteiger partial charge on any atom is -0.496 e. The van der Waals surface area contributed by atoms with Crippen molar-refractivity contribution in [2.75, 3.05) is 11.8 Å². The number of aromatic nitrogens is 2. The fourth-order valence-corrected chi connectivity index (χ4v) is 5.09. The number of sulfonamides is 1. The van der Waals surface area contributed by atoms with Crippen molar-refractivity contribution in [3.8, 4) is 28.0 Å². The van der Waals surface area contributed by atoms with Crippen LogP contribution in [0.4, 0.5) is 10.2 Å². The summed E-state index contributed by atoms with van der Waals surface area (Å²) >= 11 is 6.60. The highest BCUT2D eigenvalue weighted by atomic mass is 35.5. The van der Waals surface area contributed by atoms with Crippen molar-refractivity contribution in [3.05, 3.63) is 90.0 Å². The lowest BCUT2D eigenvalue weighted by Gasteiger charge is -2.15. The van der Waals surface area contributed by atoms with Gasteiger partial charge in [0.2, 0.25) is 0 Å². The number of rotatable bonds is 6. The van der Waals surface area contributed by atoms with E-state index in [9.17, 15) is 12.8 Å². The normalized spacial score (nSPS) is 11.5. The molecule has 0 amide bonds. The van der Waals surface area contributed by atoms with E-state index in [-0.39, 0.29) is 16.5 Å². The Kier molecular flexibility index (Phi) is 5.88. The number of nitrogens with one attached hydrogen (secondary N) is 1. The first-order valence-corrected chi connectivity index (χ1v) is 12.2. The predicted octanol–water partition coefficient (Wildman–Crippen LogP) is 6.16. The molecule has 5 aromatic rings. The summed E-state index contributed by atoms with van der Waals surface area (Å²) in [4.78, 5) is 4.37. The number of fused-ring (bicyclic) bond motifs is 1. The number of halogens is 2. The smallest absolute Gasteiger partial charge is 0.263 e. The van der Waals surface area contributed by atoms with Crippen molar-refractivity contribution < 1.29 is 22.1 Å². The van der Waals surface area contributed by atoms with Crippen molar-refractivity contribution in [1.29, 1.82) is 0 Å². The second-order valence-corrected chi connectivity index (χ2v) is 9.66. The van der Waals surface area contributed by atoms with Crippen LogP contribution in [0.2, 0.25) is 5.02 Å². The molecule has 10 heteroatoms. The largest absolute Gasteiger partial charge is 0.496 e. The molecule has 3 aromatic carbocycles. The molecule has 2 aromatic heterocycles. The summed E-state index contributed by atoms with van der Waals surface area (Å²) in [6.45, 7) is 0. The van der Waals surface area contributed by atoms with Gasteiger partial charge in [-0.05, 0) is 53.6 Å². The number of nitrogens with zero attached hydrogens (tertiary/aromatic N) is 2. The number of benzene rings is 3. The Bertz CT molecular complexity index is 1660. The molecule has 0 saturated carbocycles. The Labute approximate surface area is 205 Å². The average Bonchev–Trinajstić information content (AvgIpc) is 3.35. The van der Waals surface area contributed by atoms with Gasteiger partial charge in [-0.3, -0.25) is 9.71 Å². The van der Waals surface area contributed by atoms with Gasteiger partial charge < -0.3 is 9.26 Å². The summed E-state index contributed by atoms with van der Waals surface area (Å²) < 4.78 is 51.9.